The molecule has 1 amide bonds. The van der Waals surface area contributed by atoms with Gasteiger partial charge in [0.1, 0.15) is 5.75 Å². The number of benzene rings is 3. The summed E-state index contributed by atoms with van der Waals surface area (Å²) in [4.78, 5) is 11.6. The van der Waals surface area contributed by atoms with Gasteiger partial charge in [-0.2, -0.15) is 0 Å². The Hall–Kier alpha value is -3.11. The van der Waals surface area contributed by atoms with Gasteiger partial charge < -0.3 is 15.4 Å². The lowest BCUT2D eigenvalue weighted by atomic mass is 10.00. The van der Waals surface area contributed by atoms with Crippen LogP contribution in [0.4, 0.5) is 5.69 Å². The molecule has 3 rings (SSSR count). The molecule has 1 atom stereocenters. The van der Waals surface area contributed by atoms with Crippen LogP contribution >= 0.6 is 0 Å². The number of nitrogens with one attached hydrogen (secondary N) is 2. The standard InChI is InChI=1S/C24H26N2O2/c1-17(20-7-5-4-6-8-20)25-16-19-9-14-24(26-18(2)27)23(15-19)21-10-12-22(28-3)13-11-21/h4-15,17,25H,16H2,1-3H3,(H,26,27). The molecule has 28 heavy (non-hydrogen) atoms. The highest BCUT2D eigenvalue weighted by Gasteiger charge is 2.10. The van der Waals surface area contributed by atoms with E-state index in [1.807, 2.05) is 42.5 Å². The summed E-state index contributed by atoms with van der Waals surface area (Å²) >= 11 is 0. The summed E-state index contributed by atoms with van der Waals surface area (Å²) in [7, 11) is 1.65. The van der Waals surface area contributed by atoms with Gasteiger partial charge >= 0.3 is 0 Å². The molecule has 0 fully saturated rings. The molecule has 0 aliphatic heterocycles. The second-order valence-electron chi connectivity index (χ2n) is 6.80. The van der Waals surface area contributed by atoms with Gasteiger partial charge in [0, 0.05) is 30.8 Å². The predicted molar refractivity (Wildman–Crippen MR) is 114 cm³/mol. The molecule has 3 aromatic rings. The zero-order valence-corrected chi connectivity index (χ0v) is 16.5. The highest BCUT2D eigenvalue weighted by Crippen LogP contribution is 2.31. The first-order chi connectivity index (χ1) is 13.6. The summed E-state index contributed by atoms with van der Waals surface area (Å²) in [6.07, 6.45) is 0. The topological polar surface area (TPSA) is 50.4 Å². The van der Waals surface area contributed by atoms with Gasteiger partial charge in [0.15, 0.2) is 0 Å². The van der Waals surface area contributed by atoms with Crippen molar-refractivity contribution in [3.05, 3.63) is 83.9 Å². The lowest BCUT2D eigenvalue weighted by Crippen LogP contribution is -2.18. The van der Waals surface area contributed by atoms with Crippen molar-refractivity contribution in [1.29, 1.82) is 0 Å². The molecule has 0 aromatic heterocycles. The van der Waals surface area contributed by atoms with E-state index in [0.29, 0.717) is 0 Å². The third-order valence-electron chi connectivity index (χ3n) is 4.71. The normalized spacial score (nSPS) is 11.7. The van der Waals surface area contributed by atoms with Crippen LogP contribution in [0.2, 0.25) is 0 Å². The number of hydrogen-bond acceptors (Lipinski definition) is 3. The van der Waals surface area contributed by atoms with Gasteiger partial charge in [-0.3, -0.25) is 4.79 Å². The number of anilines is 1. The van der Waals surface area contributed by atoms with Crippen LogP contribution in [0.1, 0.15) is 31.0 Å². The third kappa shape index (κ3) is 4.99. The summed E-state index contributed by atoms with van der Waals surface area (Å²) in [6.45, 7) is 4.42. The summed E-state index contributed by atoms with van der Waals surface area (Å²) in [5.41, 5.74) is 5.24. The van der Waals surface area contributed by atoms with E-state index in [1.165, 1.54) is 12.5 Å². The van der Waals surface area contributed by atoms with E-state index in [4.69, 9.17) is 4.74 Å². The van der Waals surface area contributed by atoms with Crippen LogP contribution in [0.5, 0.6) is 5.75 Å². The minimum atomic E-state index is -0.0849. The van der Waals surface area contributed by atoms with Crippen LogP contribution in [-0.2, 0) is 11.3 Å². The zero-order valence-electron chi connectivity index (χ0n) is 16.5. The van der Waals surface area contributed by atoms with Crippen molar-refractivity contribution in [2.24, 2.45) is 0 Å². The first-order valence-electron chi connectivity index (χ1n) is 9.40. The van der Waals surface area contributed by atoms with E-state index in [9.17, 15) is 4.79 Å². The fourth-order valence-corrected chi connectivity index (χ4v) is 3.14. The molecule has 4 nitrogen and oxygen atoms in total. The van der Waals surface area contributed by atoms with Crippen LogP contribution in [-0.4, -0.2) is 13.0 Å². The molecule has 0 heterocycles. The zero-order chi connectivity index (χ0) is 19.9. The number of amides is 1. The summed E-state index contributed by atoms with van der Waals surface area (Å²) < 4.78 is 5.25. The van der Waals surface area contributed by atoms with Crippen molar-refractivity contribution in [2.75, 3.05) is 12.4 Å². The molecule has 0 radical (unpaired) electrons. The predicted octanol–water partition coefficient (Wildman–Crippen LogP) is 5.17. The average molecular weight is 374 g/mol. The Bertz CT molecular complexity index is 921. The van der Waals surface area contributed by atoms with Gasteiger partial charge in [0.25, 0.3) is 0 Å². The van der Waals surface area contributed by atoms with Crippen molar-refractivity contribution in [2.45, 2.75) is 26.4 Å². The van der Waals surface area contributed by atoms with Gasteiger partial charge in [0.05, 0.1) is 7.11 Å². The average Bonchev–Trinajstić information content (AvgIpc) is 2.73. The number of carbonyl (C=O) groups excluding carboxylic acids is 1. The second kappa shape index (κ2) is 9.20. The van der Waals surface area contributed by atoms with Crippen LogP contribution in [0.3, 0.4) is 0 Å². The van der Waals surface area contributed by atoms with Gasteiger partial charge in [-0.15, -0.1) is 0 Å². The molecule has 0 bridgehead atoms. The molecule has 144 valence electrons. The minimum absolute atomic E-state index is 0.0849. The molecule has 0 spiro atoms. The molecular formula is C24H26N2O2. The third-order valence-corrected chi connectivity index (χ3v) is 4.71. The molecule has 2 N–H and O–H groups in total. The second-order valence-corrected chi connectivity index (χ2v) is 6.80. The lowest BCUT2D eigenvalue weighted by molar-refractivity contribution is -0.114. The van der Waals surface area contributed by atoms with Crippen LogP contribution < -0.4 is 15.4 Å². The fourth-order valence-electron chi connectivity index (χ4n) is 3.14. The summed E-state index contributed by atoms with van der Waals surface area (Å²) in [5.74, 6) is 0.720. The van der Waals surface area contributed by atoms with E-state index in [0.717, 1.165) is 34.7 Å². The monoisotopic (exact) mass is 374 g/mol. The van der Waals surface area contributed by atoms with Crippen molar-refractivity contribution in [3.8, 4) is 16.9 Å². The molecule has 1 unspecified atom stereocenters. The molecule has 0 saturated carbocycles. The van der Waals surface area contributed by atoms with Crippen LogP contribution in [0.25, 0.3) is 11.1 Å². The minimum Gasteiger partial charge on any atom is -0.497 e. The lowest BCUT2D eigenvalue weighted by Gasteiger charge is -2.16. The molecule has 0 aliphatic rings. The van der Waals surface area contributed by atoms with Crippen molar-refractivity contribution in [1.82, 2.24) is 5.32 Å². The van der Waals surface area contributed by atoms with E-state index in [2.05, 4.69) is 47.9 Å². The summed E-state index contributed by atoms with van der Waals surface area (Å²) in [5, 5.41) is 6.49. The first kappa shape index (κ1) is 19.6. The maximum atomic E-state index is 11.6. The maximum absolute atomic E-state index is 11.6. The molecular weight excluding hydrogens is 348 g/mol. The SMILES string of the molecule is COc1ccc(-c2cc(CNC(C)c3ccccc3)ccc2NC(C)=O)cc1. The Morgan fingerprint density at radius 1 is 1.00 bits per heavy atom. The summed E-state index contributed by atoms with van der Waals surface area (Å²) in [6, 6.07) is 24.6. The number of ether oxygens (including phenoxy) is 1. The smallest absolute Gasteiger partial charge is 0.221 e. The van der Waals surface area contributed by atoms with Crippen LogP contribution in [0, 0.1) is 0 Å². The largest absolute Gasteiger partial charge is 0.497 e. The first-order valence-corrected chi connectivity index (χ1v) is 9.40. The maximum Gasteiger partial charge on any atom is 0.221 e. The molecule has 0 aliphatic carbocycles. The Morgan fingerprint density at radius 3 is 2.36 bits per heavy atom. The molecule has 4 heteroatoms. The number of carbonyl (C=O) groups is 1. The van der Waals surface area contributed by atoms with Crippen molar-refractivity contribution < 1.29 is 9.53 Å². The van der Waals surface area contributed by atoms with Gasteiger partial charge in [-0.05, 0) is 47.9 Å². The quantitative estimate of drug-likeness (QED) is 0.600. The fraction of sp³-hybridized carbons (Fsp3) is 0.208. The number of hydrogen-bond donors (Lipinski definition) is 2. The Morgan fingerprint density at radius 2 is 1.71 bits per heavy atom. The van der Waals surface area contributed by atoms with Gasteiger partial charge in [-0.25, -0.2) is 0 Å². The number of rotatable bonds is 7. The van der Waals surface area contributed by atoms with Gasteiger partial charge in [-0.1, -0.05) is 48.5 Å². The van der Waals surface area contributed by atoms with E-state index in [1.54, 1.807) is 7.11 Å². The highest BCUT2D eigenvalue weighted by atomic mass is 16.5. The van der Waals surface area contributed by atoms with E-state index < -0.39 is 0 Å². The Kier molecular flexibility index (Phi) is 6.45. The highest BCUT2D eigenvalue weighted by molar-refractivity contribution is 5.94. The van der Waals surface area contributed by atoms with Gasteiger partial charge in [0.2, 0.25) is 5.91 Å². The molecule has 0 saturated heterocycles. The Labute approximate surface area is 166 Å². The van der Waals surface area contributed by atoms with E-state index >= 15 is 0 Å². The molecule has 3 aromatic carbocycles. The van der Waals surface area contributed by atoms with Crippen molar-refractivity contribution in [3.63, 3.8) is 0 Å². The Balaban J connectivity index is 1.83. The van der Waals surface area contributed by atoms with Crippen molar-refractivity contribution >= 4 is 11.6 Å². The van der Waals surface area contributed by atoms with E-state index in [-0.39, 0.29) is 11.9 Å². The number of methoxy groups -OCH3 is 1. The van der Waals surface area contributed by atoms with Crippen LogP contribution in [0.15, 0.2) is 72.8 Å².